The summed E-state index contributed by atoms with van der Waals surface area (Å²) in [6.07, 6.45) is 2.61. The van der Waals surface area contributed by atoms with E-state index >= 15 is 0 Å². The molecule has 3 nitrogen and oxygen atoms in total. The van der Waals surface area contributed by atoms with Crippen molar-refractivity contribution in [1.29, 1.82) is 0 Å². The SMILES string of the molecule is CC(CNC(=O)c1ccc(Br)cc1N)C1CC1. The maximum absolute atomic E-state index is 11.9. The van der Waals surface area contributed by atoms with E-state index in [4.69, 9.17) is 5.73 Å². The van der Waals surface area contributed by atoms with Crippen LogP contribution >= 0.6 is 15.9 Å². The molecule has 1 aliphatic rings. The Morgan fingerprint density at radius 3 is 2.88 bits per heavy atom. The molecule has 0 saturated heterocycles. The number of nitrogens with two attached hydrogens (primary N) is 1. The van der Waals surface area contributed by atoms with Crippen molar-refractivity contribution < 1.29 is 4.79 Å². The Hall–Kier alpha value is -1.03. The van der Waals surface area contributed by atoms with Gasteiger partial charge in [-0.25, -0.2) is 0 Å². The second-order valence-corrected chi connectivity index (χ2v) is 5.67. The number of nitrogen functional groups attached to an aromatic ring is 1. The molecule has 1 fully saturated rings. The highest BCUT2D eigenvalue weighted by Gasteiger charge is 2.28. The average molecular weight is 297 g/mol. The van der Waals surface area contributed by atoms with Gasteiger partial charge in [0.2, 0.25) is 0 Å². The molecule has 0 aromatic heterocycles. The first-order chi connectivity index (χ1) is 8.08. The number of carbonyl (C=O) groups excluding carboxylic acids is 1. The van der Waals surface area contributed by atoms with E-state index < -0.39 is 0 Å². The molecule has 0 bridgehead atoms. The molecular formula is C13H17BrN2O. The lowest BCUT2D eigenvalue weighted by molar-refractivity contribution is 0.0947. The van der Waals surface area contributed by atoms with Gasteiger partial charge in [0.05, 0.1) is 5.56 Å². The van der Waals surface area contributed by atoms with Crippen molar-refractivity contribution in [2.45, 2.75) is 19.8 Å². The molecule has 2 rings (SSSR count). The van der Waals surface area contributed by atoms with Crippen molar-refractivity contribution in [2.24, 2.45) is 11.8 Å². The van der Waals surface area contributed by atoms with E-state index in [1.165, 1.54) is 12.8 Å². The lowest BCUT2D eigenvalue weighted by Gasteiger charge is -2.12. The first-order valence-electron chi connectivity index (χ1n) is 5.91. The van der Waals surface area contributed by atoms with E-state index in [1.54, 1.807) is 12.1 Å². The number of hydrogen-bond acceptors (Lipinski definition) is 2. The third kappa shape index (κ3) is 3.22. The molecule has 1 aromatic rings. The molecule has 92 valence electrons. The summed E-state index contributed by atoms with van der Waals surface area (Å²) in [4.78, 5) is 11.9. The van der Waals surface area contributed by atoms with E-state index in [2.05, 4.69) is 28.2 Å². The smallest absolute Gasteiger partial charge is 0.253 e. The van der Waals surface area contributed by atoms with Crippen molar-refractivity contribution in [3.63, 3.8) is 0 Å². The number of amides is 1. The highest BCUT2D eigenvalue weighted by molar-refractivity contribution is 9.10. The fourth-order valence-corrected chi connectivity index (χ4v) is 2.30. The van der Waals surface area contributed by atoms with E-state index in [0.29, 0.717) is 17.2 Å². The summed E-state index contributed by atoms with van der Waals surface area (Å²) in [6.45, 7) is 2.92. The number of halogens is 1. The van der Waals surface area contributed by atoms with Crippen LogP contribution in [0.2, 0.25) is 0 Å². The molecule has 1 unspecified atom stereocenters. The molecule has 0 heterocycles. The second-order valence-electron chi connectivity index (χ2n) is 4.76. The van der Waals surface area contributed by atoms with Gasteiger partial charge in [-0.3, -0.25) is 4.79 Å². The number of hydrogen-bond donors (Lipinski definition) is 2. The van der Waals surface area contributed by atoms with E-state index in [0.717, 1.165) is 16.9 Å². The zero-order valence-electron chi connectivity index (χ0n) is 9.87. The molecular weight excluding hydrogens is 280 g/mol. The van der Waals surface area contributed by atoms with Crippen molar-refractivity contribution in [1.82, 2.24) is 5.32 Å². The monoisotopic (exact) mass is 296 g/mol. The molecule has 0 spiro atoms. The molecule has 1 aromatic carbocycles. The molecule has 0 aliphatic heterocycles. The van der Waals surface area contributed by atoms with Crippen LogP contribution in [-0.4, -0.2) is 12.5 Å². The van der Waals surface area contributed by atoms with Crippen LogP contribution in [0.25, 0.3) is 0 Å². The normalized spacial score (nSPS) is 16.6. The van der Waals surface area contributed by atoms with Crippen LogP contribution in [0.1, 0.15) is 30.1 Å². The quantitative estimate of drug-likeness (QED) is 0.840. The van der Waals surface area contributed by atoms with Crippen LogP contribution in [0.4, 0.5) is 5.69 Å². The summed E-state index contributed by atoms with van der Waals surface area (Å²) in [5, 5.41) is 2.95. The van der Waals surface area contributed by atoms with Crippen LogP contribution in [0.15, 0.2) is 22.7 Å². The Kier molecular flexibility index (Phi) is 3.72. The van der Waals surface area contributed by atoms with Crippen molar-refractivity contribution >= 4 is 27.5 Å². The summed E-state index contributed by atoms with van der Waals surface area (Å²) < 4.78 is 0.887. The maximum atomic E-state index is 11.9. The van der Waals surface area contributed by atoms with Gasteiger partial charge >= 0.3 is 0 Å². The van der Waals surface area contributed by atoms with Crippen LogP contribution in [0.5, 0.6) is 0 Å². The standard InChI is InChI=1S/C13H17BrN2O/c1-8(9-2-3-9)7-16-13(17)11-5-4-10(14)6-12(11)15/h4-6,8-9H,2-3,7,15H2,1H3,(H,16,17). The average Bonchev–Trinajstić information content (AvgIpc) is 3.09. The van der Waals surface area contributed by atoms with E-state index in [9.17, 15) is 4.79 Å². The topological polar surface area (TPSA) is 55.1 Å². The van der Waals surface area contributed by atoms with Gasteiger partial charge in [-0.15, -0.1) is 0 Å². The Labute approximate surface area is 110 Å². The van der Waals surface area contributed by atoms with Gasteiger partial charge < -0.3 is 11.1 Å². The summed E-state index contributed by atoms with van der Waals surface area (Å²) >= 11 is 3.32. The second kappa shape index (κ2) is 5.08. The minimum absolute atomic E-state index is 0.0810. The van der Waals surface area contributed by atoms with Gasteiger partial charge in [-0.1, -0.05) is 22.9 Å². The van der Waals surface area contributed by atoms with Gasteiger partial charge in [0.15, 0.2) is 0 Å². The van der Waals surface area contributed by atoms with Crippen LogP contribution in [0, 0.1) is 11.8 Å². The number of benzene rings is 1. The van der Waals surface area contributed by atoms with Gasteiger partial charge in [0, 0.05) is 16.7 Å². The fourth-order valence-electron chi connectivity index (χ4n) is 1.92. The number of nitrogens with one attached hydrogen (secondary N) is 1. The third-order valence-corrected chi connectivity index (χ3v) is 3.76. The minimum Gasteiger partial charge on any atom is -0.398 e. The Bertz CT molecular complexity index is 429. The largest absolute Gasteiger partial charge is 0.398 e. The van der Waals surface area contributed by atoms with Crippen LogP contribution in [-0.2, 0) is 0 Å². The maximum Gasteiger partial charge on any atom is 0.253 e. The Balaban J connectivity index is 1.94. The highest BCUT2D eigenvalue weighted by atomic mass is 79.9. The molecule has 4 heteroatoms. The van der Waals surface area contributed by atoms with Crippen molar-refractivity contribution in [3.05, 3.63) is 28.2 Å². The van der Waals surface area contributed by atoms with Crippen molar-refractivity contribution in [3.8, 4) is 0 Å². The minimum atomic E-state index is -0.0810. The molecule has 1 amide bonds. The number of anilines is 1. The van der Waals surface area contributed by atoms with Crippen LogP contribution < -0.4 is 11.1 Å². The highest BCUT2D eigenvalue weighted by Crippen LogP contribution is 2.36. The molecule has 1 aliphatic carbocycles. The summed E-state index contributed by atoms with van der Waals surface area (Å²) in [5.74, 6) is 1.29. The van der Waals surface area contributed by atoms with E-state index in [-0.39, 0.29) is 5.91 Å². The zero-order chi connectivity index (χ0) is 12.4. The predicted octanol–water partition coefficient (Wildman–Crippen LogP) is 2.81. The number of carbonyl (C=O) groups is 1. The van der Waals surface area contributed by atoms with E-state index in [1.807, 2.05) is 6.07 Å². The molecule has 1 saturated carbocycles. The Morgan fingerprint density at radius 2 is 2.29 bits per heavy atom. The van der Waals surface area contributed by atoms with Gasteiger partial charge in [0.1, 0.15) is 0 Å². The molecule has 1 atom stereocenters. The summed E-state index contributed by atoms with van der Waals surface area (Å²) in [6, 6.07) is 5.32. The Morgan fingerprint density at radius 1 is 1.59 bits per heavy atom. The first-order valence-corrected chi connectivity index (χ1v) is 6.70. The summed E-state index contributed by atoms with van der Waals surface area (Å²) in [5.41, 5.74) is 6.87. The van der Waals surface area contributed by atoms with Gasteiger partial charge in [-0.05, 0) is 42.9 Å². The van der Waals surface area contributed by atoms with Crippen molar-refractivity contribution in [2.75, 3.05) is 12.3 Å². The number of rotatable bonds is 4. The fraction of sp³-hybridized carbons (Fsp3) is 0.462. The third-order valence-electron chi connectivity index (χ3n) is 3.27. The zero-order valence-corrected chi connectivity index (χ0v) is 11.5. The summed E-state index contributed by atoms with van der Waals surface area (Å²) in [7, 11) is 0. The lowest BCUT2D eigenvalue weighted by atomic mass is 10.1. The molecule has 17 heavy (non-hydrogen) atoms. The van der Waals surface area contributed by atoms with Gasteiger partial charge in [-0.2, -0.15) is 0 Å². The molecule has 3 N–H and O–H groups in total. The van der Waals surface area contributed by atoms with Gasteiger partial charge in [0.25, 0.3) is 5.91 Å². The lowest BCUT2D eigenvalue weighted by Crippen LogP contribution is -2.29. The molecule has 0 radical (unpaired) electrons. The van der Waals surface area contributed by atoms with Crippen LogP contribution in [0.3, 0.4) is 0 Å². The predicted molar refractivity (Wildman–Crippen MR) is 72.8 cm³/mol. The first kappa shape index (κ1) is 12.4.